The summed E-state index contributed by atoms with van der Waals surface area (Å²) in [5, 5.41) is 0.136. The van der Waals surface area contributed by atoms with E-state index in [4.69, 9.17) is 4.74 Å². The van der Waals surface area contributed by atoms with Crippen molar-refractivity contribution in [3.8, 4) is 0 Å². The zero-order valence-electron chi connectivity index (χ0n) is 11.5. The van der Waals surface area contributed by atoms with E-state index in [2.05, 4.69) is 0 Å². The van der Waals surface area contributed by atoms with Gasteiger partial charge >= 0.3 is 5.97 Å². The number of carbonyl (C=O) groups excluding carboxylic acids is 3. The van der Waals surface area contributed by atoms with Crippen molar-refractivity contribution >= 4 is 28.6 Å². The van der Waals surface area contributed by atoms with Crippen LogP contribution >= 0.6 is 11.8 Å². The number of hydrogen-bond donors (Lipinski definition) is 0. The summed E-state index contributed by atoms with van der Waals surface area (Å²) in [4.78, 5) is 34.2. The number of ether oxygens (including phenoxy) is 1. The van der Waals surface area contributed by atoms with E-state index >= 15 is 0 Å². The molecule has 19 heavy (non-hydrogen) atoms. The Hall–Kier alpha value is -0.840. The predicted molar refractivity (Wildman–Crippen MR) is 74.9 cm³/mol. The first-order valence-electron chi connectivity index (χ1n) is 6.94. The van der Waals surface area contributed by atoms with E-state index < -0.39 is 5.92 Å². The normalized spacial score (nSPS) is 19.6. The topological polar surface area (TPSA) is 60.4 Å². The number of ketones is 1. The molecule has 1 heterocycles. The van der Waals surface area contributed by atoms with Crippen LogP contribution < -0.4 is 0 Å². The van der Waals surface area contributed by atoms with Crippen LogP contribution in [0.15, 0.2) is 0 Å². The minimum absolute atomic E-state index is 0.0196. The highest BCUT2D eigenvalue weighted by atomic mass is 32.2. The molecule has 108 valence electrons. The van der Waals surface area contributed by atoms with E-state index in [1.807, 2.05) is 0 Å². The molecule has 5 heteroatoms. The average molecular weight is 286 g/mol. The van der Waals surface area contributed by atoms with Gasteiger partial charge in [0, 0.05) is 19.1 Å². The Labute approximate surface area is 118 Å². The molecule has 0 aromatic rings. The van der Waals surface area contributed by atoms with E-state index in [1.165, 1.54) is 11.8 Å². The van der Waals surface area contributed by atoms with Crippen molar-refractivity contribution in [2.75, 3.05) is 12.4 Å². The lowest BCUT2D eigenvalue weighted by molar-refractivity contribution is -0.150. The van der Waals surface area contributed by atoms with E-state index in [0.29, 0.717) is 19.4 Å². The van der Waals surface area contributed by atoms with Gasteiger partial charge in [-0.3, -0.25) is 14.4 Å². The van der Waals surface area contributed by atoms with Crippen molar-refractivity contribution in [3.63, 3.8) is 0 Å². The Balaban J connectivity index is 2.15. The van der Waals surface area contributed by atoms with Crippen molar-refractivity contribution < 1.29 is 19.1 Å². The molecular weight excluding hydrogens is 264 g/mol. The lowest BCUT2D eigenvalue weighted by atomic mass is 9.94. The summed E-state index contributed by atoms with van der Waals surface area (Å²) in [7, 11) is 0. The standard InChI is InChI=1S/C14H22O4S/c1-11(15)19-10-6-2-3-8-13(16)12-7-4-5-9-18-14(12)17/h12H,2-10H2,1H3. The second-order valence-corrected chi connectivity index (χ2v) is 6.10. The molecule has 1 atom stereocenters. The molecule has 0 saturated carbocycles. The van der Waals surface area contributed by atoms with Crippen LogP contribution in [0.1, 0.15) is 51.9 Å². The lowest BCUT2D eigenvalue weighted by Crippen LogP contribution is -2.24. The maximum atomic E-state index is 11.9. The number of thioether (sulfide) groups is 1. The molecule has 0 N–H and O–H groups in total. The van der Waals surface area contributed by atoms with Crippen LogP contribution in [-0.4, -0.2) is 29.2 Å². The van der Waals surface area contributed by atoms with E-state index in [0.717, 1.165) is 37.9 Å². The smallest absolute Gasteiger partial charge is 0.316 e. The third kappa shape index (κ3) is 6.76. The maximum Gasteiger partial charge on any atom is 0.316 e. The molecule has 1 saturated heterocycles. The number of Topliss-reactive ketones (excluding diaryl/α,β-unsaturated/α-hetero) is 1. The quantitative estimate of drug-likeness (QED) is 0.409. The molecule has 1 aliphatic heterocycles. The maximum absolute atomic E-state index is 11.9. The predicted octanol–water partition coefficient (Wildman–Crippen LogP) is 2.74. The SMILES string of the molecule is CC(=O)SCCCCCC(=O)C1CCCCOC1=O. The van der Waals surface area contributed by atoms with Crippen LogP contribution in [0.25, 0.3) is 0 Å². The Morgan fingerprint density at radius 3 is 2.79 bits per heavy atom. The summed E-state index contributed by atoms with van der Waals surface area (Å²) in [6.45, 7) is 2.01. The fourth-order valence-corrected chi connectivity index (χ4v) is 2.74. The second kappa shape index (κ2) is 9.13. The summed E-state index contributed by atoms with van der Waals surface area (Å²) in [6.07, 6.45) is 5.49. The van der Waals surface area contributed by atoms with Crippen LogP contribution in [0.4, 0.5) is 0 Å². The van der Waals surface area contributed by atoms with Gasteiger partial charge in [0.2, 0.25) is 0 Å². The molecule has 0 bridgehead atoms. The second-order valence-electron chi connectivity index (χ2n) is 4.83. The van der Waals surface area contributed by atoms with Crippen LogP contribution in [-0.2, 0) is 19.1 Å². The van der Waals surface area contributed by atoms with Gasteiger partial charge < -0.3 is 4.74 Å². The van der Waals surface area contributed by atoms with Crippen molar-refractivity contribution in [1.82, 2.24) is 0 Å². The van der Waals surface area contributed by atoms with E-state index in [-0.39, 0.29) is 16.9 Å². The van der Waals surface area contributed by atoms with Crippen LogP contribution in [0.3, 0.4) is 0 Å². The first-order chi connectivity index (χ1) is 9.11. The number of carbonyl (C=O) groups is 3. The summed E-state index contributed by atoms with van der Waals surface area (Å²) >= 11 is 1.32. The molecule has 0 radical (unpaired) electrons. The molecule has 1 aliphatic rings. The molecular formula is C14H22O4S. The van der Waals surface area contributed by atoms with Gasteiger partial charge in [-0.25, -0.2) is 0 Å². The summed E-state index contributed by atoms with van der Waals surface area (Å²) < 4.78 is 5.01. The van der Waals surface area contributed by atoms with Gasteiger partial charge in [-0.15, -0.1) is 0 Å². The molecule has 0 aliphatic carbocycles. The molecule has 0 aromatic heterocycles. The summed E-state index contributed by atoms with van der Waals surface area (Å²) in [5.41, 5.74) is 0. The number of esters is 1. The largest absolute Gasteiger partial charge is 0.465 e. The van der Waals surface area contributed by atoms with Gasteiger partial charge in [-0.05, 0) is 32.1 Å². The Bertz CT molecular complexity index is 327. The highest BCUT2D eigenvalue weighted by Gasteiger charge is 2.28. The fourth-order valence-electron chi connectivity index (χ4n) is 2.10. The van der Waals surface area contributed by atoms with Crippen LogP contribution in [0.5, 0.6) is 0 Å². The van der Waals surface area contributed by atoms with Gasteiger partial charge in [-0.2, -0.15) is 0 Å². The van der Waals surface area contributed by atoms with Gasteiger partial charge in [0.1, 0.15) is 11.7 Å². The van der Waals surface area contributed by atoms with Gasteiger partial charge in [0.25, 0.3) is 0 Å². The summed E-state index contributed by atoms with van der Waals surface area (Å²) in [5.74, 6) is -0.0375. The van der Waals surface area contributed by atoms with Gasteiger partial charge in [0.05, 0.1) is 6.61 Å². The Morgan fingerprint density at radius 2 is 2.05 bits per heavy atom. The molecule has 1 fully saturated rings. The molecule has 1 unspecified atom stereocenters. The molecule has 0 amide bonds. The molecule has 0 spiro atoms. The molecule has 0 aromatic carbocycles. The lowest BCUT2D eigenvalue weighted by Gasteiger charge is -2.10. The van der Waals surface area contributed by atoms with Crippen molar-refractivity contribution in [2.45, 2.75) is 51.9 Å². The van der Waals surface area contributed by atoms with Crippen LogP contribution in [0.2, 0.25) is 0 Å². The number of rotatable bonds is 7. The van der Waals surface area contributed by atoms with E-state index in [9.17, 15) is 14.4 Å². The number of hydrogen-bond acceptors (Lipinski definition) is 5. The first kappa shape index (κ1) is 16.2. The zero-order valence-corrected chi connectivity index (χ0v) is 12.3. The van der Waals surface area contributed by atoms with Crippen molar-refractivity contribution in [3.05, 3.63) is 0 Å². The molecule has 4 nitrogen and oxygen atoms in total. The van der Waals surface area contributed by atoms with Crippen molar-refractivity contribution in [1.29, 1.82) is 0 Å². The third-order valence-electron chi connectivity index (χ3n) is 3.18. The van der Waals surface area contributed by atoms with Crippen LogP contribution in [0, 0.1) is 5.92 Å². The van der Waals surface area contributed by atoms with Crippen molar-refractivity contribution in [2.24, 2.45) is 5.92 Å². The number of unbranched alkanes of at least 4 members (excludes halogenated alkanes) is 2. The highest BCUT2D eigenvalue weighted by Crippen LogP contribution is 2.19. The summed E-state index contributed by atoms with van der Waals surface area (Å²) in [6, 6.07) is 0. The van der Waals surface area contributed by atoms with Gasteiger partial charge in [0.15, 0.2) is 5.12 Å². The minimum atomic E-state index is -0.533. The zero-order chi connectivity index (χ0) is 14.1. The average Bonchev–Trinajstić information content (AvgIpc) is 2.57. The third-order valence-corrected chi connectivity index (χ3v) is 4.08. The first-order valence-corrected chi connectivity index (χ1v) is 7.92. The number of cyclic esters (lactones) is 1. The van der Waals surface area contributed by atoms with Gasteiger partial charge in [-0.1, -0.05) is 18.2 Å². The minimum Gasteiger partial charge on any atom is -0.465 e. The molecule has 1 rings (SSSR count). The Morgan fingerprint density at radius 1 is 1.26 bits per heavy atom. The Kier molecular flexibility index (Phi) is 7.79. The van der Waals surface area contributed by atoms with E-state index in [1.54, 1.807) is 6.92 Å². The highest BCUT2D eigenvalue weighted by molar-refractivity contribution is 8.13. The monoisotopic (exact) mass is 286 g/mol. The fraction of sp³-hybridized carbons (Fsp3) is 0.786.